The van der Waals surface area contributed by atoms with Crippen molar-refractivity contribution in [1.82, 2.24) is 15.5 Å². The topological polar surface area (TPSA) is 53.6 Å². The number of hydrogen-bond donors (Lipinski definition) is 2. The zero-order chi connectivity index (χ0) is 13.4. The Hall–Kier alpha value is -0.650. The van der Waals surface area contributed by atoms with Crippen molar-refractivity contribution in [3.63, 3.8) is 0 Å². The number of nitrogens with one attached hydrogen (secondary N) is 2. The minimum absolute atomic E-state index is 0.144. The molecule has 1 amide bonds. The molecule has 1 fully saturated rings. The van der Waals surface area contributed by atoms with Gasteiger partial charge in [0.15, 0.2) is 0 Å². The van der Waals surface area contributed by atoms with Gasteiger partial charge in [-0.05, 0) is 26.8 Å². The van der Waals surface area contributed by atoms with Gasteiger partial charge >= 0.3 is 0 Å². The van der Waals surface area contributed by atoms with E-state index in [0.717, 1.165) is 39.1 Å². The minimum atomic E-state index is 0.144. The molecule has 0 aromatic carbocycles. The molecule has 1 aliphatic heterocycles. The van der Waals surface area contributed by atoms with E-state index in [-0.39, 0.29) is 11.8 Å². The molecular weight excluding hydrogens is 230 g/mol. The van der Waals surface area contributed by atoms with E-state index in [1.165, 1.54) is 0 Å². The van der Waals surface area contributed by atoms with Crippen molar-refractivity contribution in [3.8, 4) is 0 Å². The molecule has 0 saturated carbocycles. The van der Waals surface area contributed by atoms with E-state index in [1.54, 1.807) is 7.11 Å². The first-order chi connectivity index (χ1) is 8.63. The Morgan fingerprint density at radius 2 is 2.22 bits per heavy atom. The summed E-state index contributed by atoms with van der Waals surface area (Å²) in [6, 6.07) is 0.550. The number of ether oxygens (including phenoxy) is 1. The van der Waals surface area contributed by atoms with E-state index < -0.39 is 0 Å². The predicted molar refractivity (Wildman–Crippen MR) is 72.6 cm³/mol. The molecule has 0 aliphatic carbocycles. The van der Waals surface area contributed by atoms with Gasteiger partial charge in [0, 0.05) is 39.3 Å². The zero-order valence-electron chi connectivity index (χ0n) is 11.9. The second-order valence-electron chi connectivity index (χ2n) is 5.17. The maximum Gasteiger partial charge on any atom is 0.224 e. The zero-order valence-corrected chi connectivity index (χ0v) is 11.9. The van der Waals surface area contributed by atoms with Crippen LogP contribution in [0.15, 0.2) is 0 Å². The monoisotopic (exact) mass is 257 g/mol. The SMILES string of the molecule is COCCN(C)CCNC(=O)C1CCC(C)NC1. The summed E-state index contributed by atoms with van der Waals surface area (Å²) < 4.78 is 5.01. The van der Waals surface area contributed by atoms with Crippen LogP contribution in [0.3, 0.4) is 0 Å². The van der Waals surface area contributed by atoms with Gasteiger partial charge in [-0.15, -0.1) is 0 Å². The molecule has 0 spiro atoms. The molecule has 5 heteroatoms. The Morgan fingerprint density at radius 3 is 2.83 bits per heavy atom. The molecule has 18 heavy (non-hydrogen) atoms. The van der Waals surface area contributed by atoms with Crippen LogP contribution in [0.2, 0.25) is 0 Å². The van der Waals surface area contributed by atoms with Crippen molar-refractivity contribution < 1.29 is 9.53 Å². The van der Waals surface area contributed by atoms with Crippen molar-refractivity contribution in [2.45, 2.75) is 25.8 Å². The summed E-state index contributed by atoms with van der Waals surface area (Å²) >= 11 is 0. The Bertz CT molecular complexity index is 240. The van der Waals surface area contributed by atoms with Crippen LogP contribution in [0.4, 0.5) is 0 Å². The normalized spacial score (nSPS) is 24.2. The van der Waals surface area contributed by atoms with Crippen LogP contribution in [-0.4, -0.2) is 63.8 Å². The molecule has 0 aromatic rings. The van der Waals surface area contributed by atoms with Gasteiger partial charge in [-0.3, -0.25) is 4.79 Å². The van der Waals surface area contributed by atoms with Crippen LogP contribution >= 0.6 is 0 Å². The van der Waals surface area contributed by atoms with Crippen LogP contribution in [0.5, 0.6) is 0 Å². The fourth-order valence-corrected chi connectivity index (χ4v) is 2.10. The Morgan fingerprint density at radius 1 is 1.44 bits per heavy atom. The summed E-state index contributed by atoms with van der Waals surface area (Å²) in [5.74, 6) is 0.333. The molecular formula is C13H27N3O2. The third-order valence-corrected chi connectivity index (χ3v) is 3.50. The third-order valence-electron chi connectivity index (χ3n) is 3.50. The Balaban J connectivity index is 2.09. The van der Waals surface area contributed by atoms with Gasteiger partial charge < -0.3 is 20.3 Å². The quantitative estimate of drug-likeness (QED) is 0.678. The third kappa shape index (κ3) is 5.80. The van der Waals surface area contributed by atoms with Crippen molar-refractivity contribution >= 4 is 5.91 Å². The Labute approximate surface area is 110 Å². The minimum Gasteiger partial charge on any atom is -0.383 e. The molecule has 1 rings (SSSR count). The van der Waals surface area contributed by atoms with E-state index in [0.29, 0.717) is 12.6 Å². The first kappa shape index (κ1) is 15.4. The number of rotatable bonds is 7. The van der Waals surface area contributed by atoms with E-state index in [2.05, 4.69) is 22.5 Å². The average molecular weight is 257 g/mol. The fourth-order valence-electron chi connectivity index (χ4n) is 2.10. The van der Waals surface area contributed by atoms with Crippen LogP contribution in [0, 0.1) is 5.92 Å². The maximum absolute atomic E-state index is 11.9. The summed E-state index contributed by atoms with van der Waals surface area (Å²) in [6.07, 6.45) is 2.09. The first-order valence-electron chi connectivity index (χ1n) is 6.82. The van der Waals surface area contributed by atoms with Crippen molar-refractivity contribution in [2.75, 3.05) is 46.9 Å². The molecule has 2 atom stereocenters. The molecule has 0 aromatic heterocycles. The second-order valence-corrected chi connectivity index (χ2v) is 5.17. The highest BCUT2D eigenvalue weighted by atomic mass is 16.5. The van der Waals surface area contributed by atoms with Crippen LogP contribution in [-0.2, 0) is 9.53 Å². The summed E-state index contributed by atoms with van der Waals surface area (Å²) in [5, 5.41) is 6.37. The van der Waals surface area contributed by atoms with E-state index in [9.17, 15) is 4.79 Å². The number of nitrogens with zero attached hydrogens (tertiary/aromatic N) is 1. The van der Waals surface area contributed by atoms with Gasteiger partial charge in [0.2, 0.25) is 5.91 Å². The van der Waals surface area contributed by atoms with E-state index >= 15 is 0 Å². The number of carbonyl (C=O) groups excluding carboxylic acids is 1. The van der Waals surface area contributed by atoms with E-state index in [4.69, 9.17) is 4.74 Å². The highest BCUT2D eigenvalue weighted by Crippen LogP contribution is 2.13. The van der Waals surface area contributed by atoms with E-state index in [1.807, 2.05) is 7.05 Å². The Kier molecular flexibility index (Phi) is 7.23. The average Bonchev–Trinajstić information content (AvgIpc) is 2.37. The van der Waals surface area contributed by atoms with Crippen molar-refractivity contribution in [1.29, 1.82) is 0 Å². The lowest BCUT2D eigenvalue weighted by atomic mass is 9.95. The molecule has 1 aliphatic rings. The van der Waals surface area contributed by atoms with Gasteiger partial charge in [-0.2, -0.15) is 0 Å². The molecule has 2 unspecified atom stereocenters. The molecule has 106 valence electrons. The number of likely N-dealkylation sites (N-methyl/N-ethyl adjacent to an activating group) is 1. The van der Waals surface area contributed by atoms with Gasteiger partial charge in [-0.25, -0.2) is 0 Å². The lowest BCUT2D eigenvalue weighted by Crippen LogP contribution is -2.45. The number of piperidine rings is 1. The number of carbonyl (C=O) groups is 1. The van der Waals surface area contributed by atoms with Crippen molar-refractivity contribution in [2.24, 2.45) is 5.92 Å². The molecule has 1 heterocycles. The highest BCUT2D eigenvalue weighted by molar-refractivity contribution is 5.78. The van der Waals surface area contributed by atoms with Gasteiger partial charge in [0.1, 0.15) is 0 Å². The first-order valence-corrected chi connectivity index (χ1v) is 6.82. The molecule has 2 N–H and O–H groups in total. The second kappa shape index (κ2) is 8.45. The van der Waals surface area contributed by atoms with Crippen LogP contribution in [0.25, 0.3) is 0 Å². The van der Waals surface area contributed by atoms with Crippen molar-refractivity contribution in [3.05, 3.63) is 0 Å². The smallest absolute Gasteiger partial charge is 0.224 e. The molecule has 0 bridgehead atoms. The summed E-state index contributed by atoms with van der Waals surface area (Å²) in [5.41, 5.74) is 0. The predicted octanol–water partition coefficient (Wildman–Crippen LogP) is 0.0689. The van der Waals surface area contributed by atoms with Gasteiger partial charge in [0.05, 0.1) is 12.5 Å². The standard InChI is InChI=1S/C13H27N3O2/c1-11-4-5-12(10-15-11)13(17)14-6-7-16(2)8-9-18-3/h11-12,15H,4-10H2,1-3H3,(H,14,17). The lowest BCUT2D eigenvalue weighted by molar-refractivity contribution is -0.125. The van der Waals surface area contributed by atoms with Gasteiger partial charge in [-0.1, -0.05) is 0 Å². The maximum atomic E-state index is 11.9. The van der Waals surface area contributed by atoms with Gasteiger partial charge in [0.25, 0.3) is 0 Å². The fraction of sp³-hybridized carbons (Fsp3) is 0.923. The summed E-state index contributed by atoms with van der Waals surface area (Å²) in [6.45, 7) is 6.19. The van der Waals surface area contributed by atoms with Crippen LogP contribution in [0.1, 0.15) is 19.8 Å². The molecule has 1 saturated heterocycles. The number of hydrogen-bond acceptors (Lipinski definition) is 4. The van der Waals surface area contributed by atoms with Crippen LogP contribution < -0.4 is 10.6 Å². The highest BCUT2D eigenvalue weighted by Gasteiger charge is 2.23. The lowest BCUT2D eigenvalue weighted by Gasteiger charge is -2.27. The largest absolute Gasteiger partial charge is 0.383 e. The number of methoxy groups -OCH3 is 1. The summed E-state index contributed by atoms with van der Waals surface area (Å²) in [7, 11) is 3.74. The molecule has 0 radical (unpaired) electrons. The molecule has 5 nitrogen and oxygen atoms in total. The summed E-state index contributed by atoms with van der Waals surface area (Å²) in [4.78, 5) is 14.1. The number of amides is 1.